The van der Waals surface area contributed by atoms with Crippen LogP contribution in [0.15, 0.2) is 34.9 Å². The van der Waals surface area contributed by atoms with Crippen LogP contribution in [0.25, 0.3) is 0 Å². The molecule has 8 nitrogen and oxygen atoms in total. The van der Waals surface area contributed by atoms with Crippen LogP contribution in [0.1, 0.15) is 43.6 Å². The molecule has 2 fully saturated rings. The quantitative estimate of drug-likeness (QED) is 0.734. The van der Waals surface area contributed by atoms with Gasteiger partial charge in [0.05, 0.1) is 5.69 Å². The number of nitrogens with one attached hydrogen (secondary N) is 1. The predicted molar refractivity (Wildman–Crippen MR) is 121 cm³/mol. The lowest BCUT2D eigenvalue weighted by molar-refractivity contribution is -0.120. The summed E-state index contributed by atoms with van der Waals surface area (Å²) < 4.78 is 10.8. The van der Waals surface area contributed by atoms with E-state index in [1.165, 1.54) is 6.42 Å². The molecule has 0 spiro atoms. The second-order valence-electron chi connectivity index (χ2n) is 8.73. The topological polar surface area (TPSA) is 87.9 Å². The summed E-state index contributed by atoms with van der Waals surface area (Å²) >= 11 is 0. The molecule has 2 aromatic rings. The number of aromatic nitrogens is 1. The van der Waals surface area contributed by atoms with E-state index in [0.29, 0.717) is 18.8 Å². The van der Waals surface area contributed by atoms with Gasteiger partial charge in [-0.25, -0.2) is 4.79 Å². The highest BCUT2D eigenvalue weighted by atomic mass is 16.6. The van der Waals surface area contributed by atoms with Gasteiger partial charge < -0.3 is 19.5 Å². The number of aryl methyl sites for hydroxylation is 1. The fourth-order valence-electron chi connectivity index (χ4n) is 4.34. The minimum absolute atomic E-state index is 0.0887. The van der Waals surface area contributed by atoms with Crippen LogP contribution in [-0.4, -0.2) is 59.7 Å². The number of rotatable bonds is 6. The number of carbonyl (C=O) groups excluding carboxylic acids is 2. The van der Waals surface area contributed by atoms with Gasteiger partial charge in [-0.3, -0.25) is 9.69 Å². The lowest BCUT2D eigenvalue weighted by Gasteiger charge is -2.33. The molecule has 2 heterocycles. The summed E-state index contributed by atoms with van der Waals surface area (Å²) in [5.41, 5.74) is 1.63. The Morgan fingerprint density at radius 2 is 1.81 bits per heavy atom. The SMILES string of the molecule is Cc1cc(CCN2CCN(C(=O)Oc3ccc(NC(=O)C4CCCCC4)cc3)CC2)on1. The van der Waals surface area contributed by atoms with Gasteiger partial charge >= 0.3 is 6.09 Å². The van der Waals surface area contributed by atoms with E-state index in [2.05, 4.69) is 15.4 Å². The molecule has 4 rings (SSSR count). The maximum Gasteiger partial charge on any atom is 0.415 e. The molecule has 0 unspecified atom stereocenters. The average Bonchev–Trinajstić information content (AvgIpc) is 3.25. The first kappa shape index (κ1) is 22.3. The van der Waals surface area contributed by atoms with Crippen molar-refractivity contribution in [1.82, 2.24) is 15.0 Å². The summed E-state index contributed by atoms with van der Waals surface area (Å²) in [5, 5.41) is 6.89. The number of nitrogens with zero attached hydrogens (tertiary/aromatic N) is 3. The minimum Gasteiger partial charge on any atom is -0.410 e. The Morgan fingerprint density at radius 1 is 1.09 bits per heavy atom. The van der Waals surface area contributed by atoms with Crippen LogP contribution in [-0.2, 0) is 11.2 Å². The zero-order valence-corrected chi connectivity index (χ0v) is 18.7. The third-order valence-electron chi connectivity index (χ3n) is 6.28. The largest absolute Gasteiger partial charge is 0.415 e. The van der Waals surface area contributed by atoms with Crippen LogP contribution >= 0.6 is 0 Å². The van der Waals surface area contributed by atoms with Gasteiger partial charge in [-0.15, -0.1) is 0 Å². The number of benzene rings is 1. The molecule has 32 heavy (non-hydrogen) atoms. The molecular formula is C24H32N4O4. The zero-order chi connectivity index (χ0) is 22.3. The Balaban J connectivity index is 1.19. The van der Waals surface area contributed by atoms with E-state index in [9.17, 15) is 9.59 Å². The first-order chi connectivity index (χ1) is 15.6. The van der Waals surface area contributed by atoms with Crippen molar-refractivity contribution in [3.8, 4) is 5.75 Å². The summed E-state index contributed by atoms with van der Waals surface area (Å²) in [6, 6.07) is 8.98. The molecule has 0 radical (unpaired) electrons. The van der Waals surface area contributed by atoms with Crippen molar-refractivity contribution in [2.24, 2.45) is 5.92 Å². The number of anilines is 1. The third-order valence-corrected chi connectivity index (χ3v) is 6.28. The van der Waals surface area contributed by atoms with Crippen LogP contribution < -0.4 is 10.1 Å². The molecule has 8 heteroatoms. The Kier molecular flexibility index (Phi) is 7.42. The molecule has 1 aromatic carbocycles. The van der Waals surface area contributed by atoms with Crippen molar-refractivity contribution >= 4 is 17.7 Å². The van der Waals surface area contributed by atoms with E-state index in [1.54, 1.807) is 29.2 Å². The molecule has 2 aliphatic rings. The molecule has 1 aliphatic carbocycles. The Labute approximate surface area is 188 Å². The maximum atomic E-state index is 12.5. The molecule has 1 aliphatic heterocycles. The second kappa shape index (κ2) is 10.6. The lowest BCUT2D eigenvalue weighted by atomic mass is 9.88. The number of ether oxygens (including phenoxy) is 1. The summed E-state index contributed by atoms with van der Waals surface area (Å²) in [4.78, 5) is 28.9. The van der Waals surface area contributed by atoms with E-state index in [-0.39, 0.29) is 17.9 Å². The number of piperazine rings is 1. The highest BCUT2D eigenvalue weighted by Gasteiger charge is 2.23. The van der Waals surface area contributed by atoms with Gasteiger partial charge in [0.15, 0.2) is 0 Å². The van der Waals surface area contributed by atoms with Gasteiger partial charge in [-0.05, 0) is 44.0 Å². The summed E-state index contributed by atoms with van der Waals surface area (Å²) in [6.45, 7) is 5.65. The number of amides is 2. The van der Waals surface area contributed by atoms with Crippen molar-refractivity contribution in [3.63, 3.8) is 0 Å². The van der Waals surface area contributed by atoms with Crippen LogP contribution in [0.4, 0.5) is 10.5 Å². The molecule has 1 saturated carbocycles. The summed E-state index contributed by atoms with van der Waals surface area (Å²) in [5.74, 6) is 1.57. The van der Waals surface area contributed by atoms with Crippen LogP contribution in [0.5, 0.6) is 5.75 Å². The first-order valence-electron chi connectivity index (χ1n) is 11.6. The number of hydrogen-bond acceptors (Lipinski definition) is 6. The number of carbonyl (C=O) groups is 2. The lowest BCUT2D eigenvalue weighted by Crippen LogP contribution is -2.49. The van der Waals surface area contributed by atoms with Crippen molar-refractivity contribution in [1.29, 1.82) is 0 Å². The van der Waals surface area contributed by atoms with Crippen molar-refractivity contribution in [2.75, 3.05) is 38.0 Å². The van der Waals surface area contributed by atoms with Crippen LogP contribution in [0, 0.1) is 12.8 Å². The highest BCUT2D eigenvalue weighted by Crippen LogP contribution is 2.25. The van der Waals surface area contributed by atoms with Crippen LogP contribution in [0.3, 0.4) is 0 Å². The van der Waals surface area contributed by atoms with E-state index < -0.39 is 0 Å². The van der Waals surface area contributed by atoms with Gasteiger partial charge in [0.25, 0.3) is 0 Å². The van der Waals surface area contributed by atoms with E-state index >= 15 is 0 Å². The van der Waals surface area contributed by atoms with E-state index in [1.807, 2.05) is 13.0 Å². The molecule has 2 amide bonds. The smallest absolute Gasteiger partial charge is 0.410 e. The monoisotopic (exact) mass is 440 g/mol. The summed E-state index contributed by atoms with van der Waals surface area (Å²) in [7, 11) is 0. The first-order valence-corrected chi connectivity index (χ1v) is 11.6. The molecule has 0 atom stereocenters. The molecule has 172 valence electrons. The van der Waals surface area contributed by atoms with Crippen LogP contribution in [0.2, 0.25) is 0 Å². The average molecular weight is 441 g/mol. The number of hydrogen-bond donors (Lipinski definition) is 1. The van der Waals surface area contributed by atoms with E-state index in [4.69, 9.17) is 9.26 Å². The van der Waals surface area contributed by atoms with Crippen molar-refractivity contribution in [2.45, 2.75) is 45.4 Å². The highest BCUT2D eigenvalue weighted by molar-refractivity contribution is 5.92. The fourth-order valence-corrected chi connectivity index (χ4v) is 4.34. The molecular weight excluding hydrogens is 408 g/mol. The fraction of sp³-hybridized carbons (Fsp3) is 0.542. The van der Waals surface area contributed by atoms with Gasteiger partial charge in [0.1, 0.15) is 11.5 Å². The van der Waals surface area contributed by atoms with Crippen molar-refractivity contribution < 1.29 is 18.8 Å². The standard InChI is InChI=1S/C24H32N4O4/c1-18-17-22(32-26-18)11-12-27-13-15-28(16-14-27)24(30)31-21-9-7-20(8-10-21)25-23(29)19-5-3-2-4-6-19/h7-10,17,19H,2-6,11-16H2,1H3,(H,25,29). The Hall–Kier alpha value is -2.87. The van der Waals surface area contributed by atoms with Gasteiger partial charge in [0, 0.05) is 56.8 Å². The van der Waals surface area contributed by atoms with Gasteiger partial charge in [0.2, 0.25) is 5.91 Å². The zero-order valence-electron chi connectivity index (χ0n) is 18.7. The normalized spacial score (nSPS) is 17.8. The molecule has 1 aromatic heterocycles. The summed E-state index contributed by atoms with van der Waals surface area (Å²) in [6.07, 6.45) is 5.89. The van der Waals surface area contributed by atoms with Gasteiger partial charge in [-0.1, -0.05) is 24.4 Å². The second-order valence-corrected chi connectivity index (χ2v) is 8.73. The molecule has 1 N–H and O–H groups in total. The predicted octanol–water partition coefficient (Wildman–Crippen LogP) is 3.86. The Bertz CT molecular complexity index is 897. The molecule has 1 saturated heterocycles. The minimum atomic E-state index is -0.338. The van der Waals surface area contributed by atoms with Crippen molar-refractivity contribution in [3.05, 3.63) is 41.8 Å². The Morgan fingerprint density at radius 3 is 2.47 bits per heavy atom. The van der Waals surface area contributed by atoms with E-state index in [0.717, 1.165) is 68.9 Å². The third kappa shape index (κ3) is 6.09. The van der Waals surface area contributed by atoms with Gasteiger partial charge in [-0.2, -0.15) is 0 Å². The maximum absolute atomic E-state index is 12.5. The molecule has 0 bridgehead atoms.